The molecule has 2 rings (SSSR count). The Morgan fingerprint density at radius 1 is 1.41 bits per heavy atom. The van der Waals surface area contributed by atoms with Gasteiger partial charge in [0.2, 0.25) is 0 Å². The lowest BCUT2D eigenvalue weighted by Crippen LogP contribution is -2.14. The van der Waals surface area contributed by atoms with Crippen molar-refractivity contribution in [2.45, 2.75) is 39.2 Å². The van der Waals surface area contributed by atoms with Gasteiger partial charge in [0.05, 0.1) is 0 Å². The maximum absolute atomic E-state index is 4.28. The fourth-order valence-electron chi connectivity index (χ4n) is 2.13. The standard InChI is InChI=1S/C13H20N4/c1-2-3-5-12(10-13-6-8-14-16-13)11-17-9-4-7-15-17/h4,6-9,12H,2-3,5,10-11H2,1H3,(H,14,16). The Morgan fingerprint density at radius 3 is 3.00 bits per heavy atom. The molecule has 2 heterocycles. The molecule has 2 aromatic rings. The van der Waals surface area contributed by atoms with Crippen molar-refractivity contribution in [3.05, 3.63) is 36.4 Å². The van der Waals surface area contributed by atoms with Crippen molar-refractivity contribution in [2.24, 2.45) is 5.92 Å². The number of unbranched alkanes of at least 4 members (excludes halogenated alkanes) is 1. The van der Waals surface area contributed by atoms with Gasteiger partial charge in [-0.05, 0) is 30.9 Å². The Balaban J connectivity index is 1.92. The fraction of sp³-hybridized carbons (Fsp3) is 0.538. The molecule has 0 aliphatic rings. The van der Waals surface area contributed by atoms with Crippen LogP contribution in [0.25, 0.3) is 0 Å². The maximum atomic E-state index is 4.28. The lowest BCUT2D eigenvalue weighted by molar-refractivity contribution is 0.377. The largest absolute Gasteiger partial charge is 0.283 e. The van der Waals surface area contributed by atoms with Crippen LogP contribution in [0, 0.1) is 5.92 Å². The van der Waals surface area contributed by atoms with Gasteiger partial charge in [-0.2, -0.15) is 10.2 Å². The van der Waals surface area contributed by atoms with E-state index in [0.29, 0.717) is 5.92 Å². The molecule has 0 bridgehead atoms. The van der Waals surface area contributed by atoms with E-state index >= 15 is 0 Å². The summed E-state index contributed by atoms with van der Waals surface area (Å²) in [5.41, 5.74) is 1.22. The summed E-state index contributed by atoms with van der Waals surface area (Å²) >= 11 is 0. The predicted octanol–water partition coefficient (Wildman–Crippen LogP) is 2.66. The number of aromatic amines is 1. The third-order valence-corrected chi connectivity index (χ3v) is 3.04. The lowest BCUT2D eigenvalue weighted by Gasteiger charge is -2.15. The van der Waals surface area contributed by atoms with Crippen molar-refractivity contribution in [1.82, 2.24) is 20.0 Å². The Kier molecular flexibility index (Phi) is 4.36. The van der Waals surface area contributed by atoms with Gasteiger partial charge in [0, 0.05) is 30.8 Å². The van der Waals surface area contributed by atoms with E-state index in [0.717, 1.165) is 13.0 Å². The second kappa shape index (κ2) is 6.23. The molecule has 92 valence electrons. The van der Waals surface area contributed by atoms with Crippen LogP contribution < -0.4 is 0 Å². The first-order valence-corrected chi connectivity index (χ1v) is 6.34. The Morgan fingerprint density at radius 2 is 2.35 bits per heavy atom. The van der Waals surface area contributed by atoms with E-state index in [9.17, 15) is 0 Å². The third kappa shape index (κ3) is 3.73. The molecule has 0 amide bonds. The van der Waals surface area contributed by atoms with Crippen LogP contribution in [0.5, 0.6) is 0 Å². The van der Waals surface area contributed by atoms with Crippen molar-refractivity contribution >= 4 is 0 Å². The summed E-state index contributed by atoms with van der Waals surface area (Å²) in [7, 11) is 0. The van der Waals surface area contributed by atoms with Gasteiger partial charge in [0.25, 0.3) is 0 Å². The molecular formula is C13H20N4. The van der Waals surface area contributed by atoms with Crippen molar-refractivity contribution < 1.29 is 0 Å². The summed E-state index contributed by atoms with van der Waals surface area (Å²) < 4.78 is 2.02. The molecule has 1 N–H and O–H groups in total. The lowest BCUT2D eigenvalue weighted by atomic mass is 9.97. The van der Waals surface area contributed by atoms with Gasteiger partial charge in [-0.1, -0.05) is 19.8 Å². The van der Waals surface area contributed by atoms with Crippen LogP contribution in [0.15, 0.2) is 30.7 Å². The first-order chi connectivity index (χ1) is 8.38. The first kappa shape index (κ1) is 11.9. The quantitative estimate of drug-likeness (QED) is 0.797. The van der Waals surface area contributed by atoms with Gasteiger partial charge in [-0.15, -0.1) is 0 Å². The van der Waals surface area contributed by atoms with Gasteiger partial charge in [0.1, 0.15) is 0 Å². The van der Waals surface area contributed by atoms with Gasteiger partial charge in [-0.25, -0.2) is 0 Å². The number of H-pyrrole nitrogens is 1. The molecule has 0 aliphatic carbocycles. The number of hydrogen-bond acceptors (Lipinski definition) is 2. The van der Waals surface area contributed by atoms with E-state index in [4.69, 9.17) is 0 Å². The summed E-state index contributed by atoms with van der Waals surface area (Å²) in [4.78, 5) is 0. The zero-order valence-corrected chi connectivity index (χ0v) is 10.3. The second-order valence-corrected chi connectivity index (χ2v) is 4.52. The molecule has 1 atom stereocenters. The summed E-state index contributed by atoms with van der Waals surface area (Å²) in [5, 5.41) is 11.3. The molecular weight excluding hydrogens is 212 g/mol. The van der Waals surface area contributed by atoms with Crippen molar-refractivity contribution in [1.29, 1.82) is 0 Å². The minimum Gasteiger partial charge on any atom is -0.283 e. The van der Waals surface area contributed by atoms with Crippen LogP contribution >= 0.6 is 0 Å². The van der Waals surface area contributed by atoms with E-state index in [-0.39, 0.29) is 0 Å². The monoisotopic (exact) mass is 232 g/mol. The highest BCUT2D eigenvalue weighted by molar-refractivity contribution is 4.98. The van der Waals surface area contributed by atoms with Crippen LogP contribution in [-0.4, -0.2) is 20.0 Å². The van der Waals surface area contributed by atoms with Crippen LogP contribution in [0.4, 0.5) is 0 Å². The van der Waals surface area contributed by atoms with Gasteiger partial charge >= 0.3 is 0 Å². The molecule has 0 aliphatic heterocycles. The molecule has 0 fully saturated rings. The molecule has 0 aromatic carbocycles. The predicted molar refractivity (Wildman–Crippen MR) is 67.5 cm³/mol. The topological polar surface area (TPSA) is 46.5 Å². The van der Waals surface area contributed by atoms with E-state index < -0.39 is 0 Å². The molecule has 0 spiro atoms. The second-order valence-electron chi connectivity index (χ2n) is 4.52. The maximum Gasteiger partial charge on any atom is 0.0490 e. The summed E-state index contributed by atoms with van der Waals surface area (Å²) in [6.07, 6.45) is 10.5. The summed E-state index contributed by atoms with van der Waals surface area (Å²) in [6.45, 7) is 3.23. The van der Waals surface area contributed by atoms with Crippen LogP contribution in [0.1, 0.15) is 31.9 Å². The third-order valence-electron chi connectivity index (χ3n) is 3.04. The van der Waals surface area contributed by atoms with Crippen molar-refractivity contribution in [3.8, 4) is 0 Å². The van der Waals surface area contributed by atoms with Crippen LogP contribution in [0.3, 0.4) is 0 Å². The average molecular weight is 232 g/mol. The molecule has 4 nitrogen and oxygen atoms in total. The zero-order valence-electron chi connectivity index (χ0n) is 10.3. The number of aromatic nitrogens is 4. The van der Waals surface area contributed by atoms with Crippen LogP contribution in [-0.2, 0) is 13.0 Å². The van der Waals surface area contributed by atoms with Crippen molar-refractivity contribution in [2.75, 3.05) is 0 Å². The van der Waals surface area contributed by atoms with E-state index in [1.54, 1.807) is 0 Å². The van der Waals surface area contributed by atoms with E-state index in [1.165, 1.54) is 25.0 Å². The highest BCUT2D eigenvalue weighted by Gasteiger charge is 2.11. The normalized spacial score (nSPS) is 12.8. The van der Waals surface area contributed by atoms with Gasteiger partial charge in [0.15, 0.2) is 0 Å². The molecule has 1 unspecified atom stereocenters. The smallest absolute Gasteiger partial charge is 0.0490 e. The Hall–Kier alpha value is -1.58. The highest BCUT2D eigenvalue weighted by atomic mass is 15.3. The number of nitrogens with one attached hydrogen (secondary N) is 1. The highest BCUT2D eigenvalue weighted by Crippen LogP contribution is 2.16. The van der Waals surface area contributed by atoms with Crippen molar-refractivity contribution in [3.63, 3.8) is 0 Å². The molecule has 17 heavy (non-hydrogen) atoms. The van der Waals surface area contributed by atoms with Gasteiger partial charge in [-0.3, -0.25) is 9.78 Å². The molecule has 0 saturated heterocycles. The van der Waals surface area contributed by atoms with E-state index in [2.05, 4.69) is 28.3 Å². The number of nitrogens with zero attached hydrogens (tertiary/aromatic N) is 3. The van der Waals surface area contributed by atoms with Gasteiger partial charge < -0.3 is 0 Å². The average Bonchev–Trinajstić information content (AvgIpc) is 2.99. The minimum absolute atomic E-state index is 0.635. The zero-order chi connectivity index (χ0) is 11.9. The molecule has 0 radical (unpaired) electrons. The number of hydrogen-bond donors (Lipinski definition) is 1. The molecule has 2 aromatic heterocycles. The first-order valence-electron chi connectivity index (χ1n) is 6.34. The van der Waals surface area contributed by atoms with E-state index in [1.807, 2.05) is 29.3 Å². The molecule has 0 saturated carbocycles. The Bertz CT molecular complexity index is 355. The minimum atomic E-state index is 0.635. The fourth-order valence-corrected chi connectivity index (χ4v) is 2.13. The summed E-state index contributed by atoms with van der Waals surface area (Å²) in [5.74, 6) is 0.635. The summed E-state index contributed by atoms with van der Waals surface area (Å²) in [6, 6.07) is 4.04. The molecule has 4 heteroatoms. The SMILES string of the molecule is CCCCC(Cc1ccn[nH]1)Cn1cccn1. The number of rotatable bonds is 7. The van der Waals surface area contributed by atoms with Crippen LogP contribution in [0.2, 0.25) is 0 Å². The Labute approximate surface area is 102 Å².